The Hall–Kier alpha value is -3.53. The molecule has 40 heavy (non-hydrogen) atoms. The summed E-state index contributed by atoms with van der Waals surface area (Å²) in [4.78, 5) is 39.1. The number of anilines is 1. The molecule has 0 aromatic heterocycles. The monoisotopic (exact) mass is 645 g/mol. The molecule has 1 heterocycles. The Labute approximate surface area is 250 Å². The predicted molar refractivity (Wildman–Crippen MR) is 159 cm³/mol. The summed E-state index contributed by atoms with van der Waals surface area (Å²) < 4.78 is 12.3. The van der Waals surface area contributed by atoms with Gasteiger partial charge in [-0.1, -0.05) is 70.3 Å². The maximum Gasteiger partial charge on any atom is 0.329 e. The first-order valence-corrected chi connectivity index (χ1v) is 14.0. The van der Waals surface area contributed by atoms with Gasteiger partial charge in [-0.05, 0) is 66.4 Å². The molecule has 0 unspecified atom stereocenters. The highest BCUT2D eigenvalue weighted by molar-refractivity contribution is 9.10. The van der Waals surface area contributed by atoms with Gasteiger partial charge in [-0.3, -0.25) is 9.59 Å². The van der Waals surface area contributed by atoms with Crippen molar-refractivity contribution in [2.24, 2.45) is 0 Å². The van der Waals surface area contributed by atoms with Crippen molar-refractivity contribution >= 4 is 68.7 Å². The molecule has 1 aliphatic rings. The molecule has 0 saturated carbocycles. The number of carbonyl (C=O) groups is 3. The van der Waals surface area contributed by atoms with Crippen LogP contribution in [0.2, 0.25) is 10.0 Å². The summed E-state index contributed by atoms with van der Waals surface area (Å²) in [7, 11) is 0. The first-order valence-electron chi connectivity index (χ1n) is 12.5. The first-order chi connectivity index (χ1) is 19.2. The fourth-order valence-electron chi connectivity index (χ4n) is 3.99. The van der Waals surface area contributed by atoms with Gasteiger partial charge in [-0.2, -0.15) is 0 Å². The van der Waals surface area contributed by atoms with Crippen LogP contribution in [0.3, 0.4) is 0 Å². The molecule has 0 bridgehead atoms. The molecule has 3 aromatic carbocycles. The minimum Gasteiger partial charge on any atom is -0.490 e. The summed E-state index contributed by atoms with van der Waals surface area (Å²) >= 11 is 15.6. The summed E-state index contributed by atoms with van der Waals surface area (Å²) in [5, 5.41) is 6.20. The van der Waals surface area contributed by atoms with E-state index >= 15 is 0 Å². The standard InChI is InChI=1S/C29H26BrCl2N3O5/c1-3-18-7-5-6-8-23(18)33-27(36)15-35-28(37)24(34-29(35)38)12-19-13-25(39-4-2)26(14-20(19)30)40-16-17-9-10-21(31)22(32)11-17/h5-14H,3-4,15-16H2,1-2H3,(H,33,36)(H,34,38)/b24-12+. The van der Waals surface area contributed by atoms with Crippen LogP contribution < -0.4 is 20.1 Å². The van der Waals surface area contributed by atoms with Crippen molar-refractivity contribution in [3.8, 4) is 11.5 Å². The largest absolute Gasteiger partial charge is 0.490 e. The number of aryl methyl sites for hydroxylation is 1. The number of ether oxygens (including phenoxy) is 2. The van der Waals surface area contributed by atoms with E-state index in [9.17, 15) is 14.4 Å². The van der Waals surface area contributed by atoms with Crippen molar-refractivity contribution in [3.63, 3.8) is 0 Å². The van der Waals surface area contributed by atoms with Gasteiger partial charge in [0, 0.05) is 10.2 Å². The summed E-state index contributed by atoms with van der Waals surface area (Å²) in [5.41, 5.74) is 3.01. The number of benzene rings is 3. The molecule has 208 valence electrons. The second-order valence-corrected chi connectivity index (χ2v) is 10.4. The summed E-state index contributed by atoms with van der Waals surface area (Å²) in [6.45, 7) is 3.99. The lowest BCUT2D eigenvalue weighted by Crippen LogP contribution is -2.38. The Balaban J connectivity index is 1.49. The molecule has 11 heteroatoms. The van der Waals surface area contributed by atoms with Crippen LogP contribution in [0.5, 0.6) is 11.5 Å². The topological polar surface area (TPSA) is 97.0 Å². The molecule has 4 amide bonds. The van der Waals surface area contributed by atoms with Gasteiger partial charge in [-0.15, -0.1) is 0 Å². The number of carbonyl (C=O) groups excluding carboxylic acids is 3. The zero-order valence-corrected chi connectivity index (χ0v) is 24.8. The van der Waals surface area contributed by atoms with Crippen molar-refractivity contribution in [1.29, 1.82) is 0 Å². The van der Waals surface area contributed by atoms with E-state index in [1.807, 2.05) is 32.0 Å². The highest BCUT2D eigenvalue weighted by Crippen LogP contribution is 2.36. The van der Waals surface area contributed by atoms with Crippen LogP contribution in [0.25, 0.3) is 6.08 Å². The number of halogens is 3. The van der Waals surface area contributed by atoms with Crippen LogP contribution >= 0.6 is 39.1 Å². The number of amides is 4. The molecule has 0 radical (unpaired) electrons. The van der Waals surface area contributed by atoms with E-state index in [4.69, 9.17) is 32.7 Å². The lowest BCUT2D eigenvalue weighted by Gasteiger charge is -2.15. The number of para-hydroxylation sites is 1. The third kappa shape index (κ3) is 6.96. The van der Waals surface area contributed by atoms with Gasteiger partial charge in [-0.25, -0.2) is 9.69 Å². The smallest absolute Gasteiger partial charge is 0.329 e. The van der Waals surface area contributed by atoms with E-state index in [1.165, 1.54) is 6.08 Å². The lowest BCUT2D eigenvalue weighted by molar-refractivity contribution is -0.127. The SMILES string of the molecule is CCOc1cc(/C=C2/NC(=O)N(CC(=O)Nc3ccccc3CC)C2=O)c(Br)cc1OCc1ccc(Cl)c(Cl)c1. The van der Waals surface area contributed by atoms with Crippen molar-refractivity contribution in [3.05, 3.63) is 91.5 Å². The van der Waals surface area contributed by atoms with E-state index < -0.39 is 24.4 Å². The van der Waals surface area contributed by atoms with Gasteiger partial charge >= 0.3 is 6.03 Å². The van der Waals surface area contributed by atoms with Crippen molar-refractivity contribution < 1.29 is 23.9 Å². The van der Waals surface area contributed by atoms with E-state index in [0.29, 0.717) is 43.9 Å². The van der Waals surface area contributed by atoms with Gasteiger partial charge in [0.25, 0.3) is 5.91 Å². The Morgan fingerprint density at radius 1 is 1.02 bits per heavy atom. The summed E-state index contributed by atoms with van der Waals surface area (Å²) in [6.07, 6.45) is 2.24. The zero-order valence-electron chi connectivity index (χ0n) is 21.7. The number of hydrogen-bond donors (Lipinski definition) is 2. The highest BCUT2D eigenvalue weighted by atomic mass is 79.9. The number of nitrogens with one attached hydrogen (secondary N) is 2. The van der Waals surface area contributed by atoms with Gasteiger partial charge in [0.05, 0.1) is 16.7 Å². The molecule has 1 fully saturated rings. The fraction of sp³-hybridized carbons (Fsp3) is 0.207. The molecule has 3 aromatic rings. The number of urea groups is 1. The van der Waals surface area contributed by atoms with E-state index in [1.54, 1.807) is 36.4 Å². The molecule has 0 spiro atoms. The number of imide groups is 1. The minimum atomic E-state index is -0.682. The molecule has 8 nitrogen and oxygen atoms in total. The van der Waals surface area contributed by atoms with Crippen LogP contribution in [-0.4, -0.2) is 35.9 Å². The third-order valence-electron chi connectivity index (χ3n) is 5.98. The Kier molecular flexibility index (Phi) is 9.73. The molecular formula is C29H26BrCl2N3O5. The molecular weight excluding hydrogens is 621 g/mol. The van der Waals surface area contributed by atoms with Crippen LogP contribution in [0.1, 0.15) is 30.5 Å². The first kappa shape index (κ1) is 29.5. The van der Waals surface area contributed by atoms with Gasteiger partial charge < -0.3 is 20.1 Å². The Morgan fingerprint density at radius 2 is 1.77 bits per heavy atom. The predicted octanol–water partition coefficient (Wildman–Crippen LogP) is 6.83. The number of nitrogens with zero attached hydrogens (tertiary/aromatic N) is 1. The molecule has 1 aliphatic heterocycles. The maximum atomic E-state index is 13.0. The van der Waals surface area contributed by atoms with Crippen molar-refractivity contribution in [2.45, 2.75) is 26.9 Å². The molecule has 0 atom stereocenters. The van der Waals surface area contributed by atoms with Gasteiger partial charge in [0.15, 0.2) is 11.5 Å². The van der Waals surface area contributed by atoms with E-state index in [0.717, 1.165) is 22.4 Å². The normalized spacial score (nSPS) is 13.9. The number of rotatable bonds is 10. The van der Waals surface area contributed by atoms with Crippen molar-refractivity contribution in [1.82, 2.24) is 10.2 Å². The Morgan fingerprint density at radius 3 is 2.50 bits per heavy atom. The van der Waals surface area contributed by atoms with Crippen LogP contribution in [0, 0.1) is 0 Å². The molecule has 4 rings (SSSR count). The van der Waals surface area contributed by atoms with Crippen LogP contribution in [-0.2, 0) is 22.6 Å². The van der Waals surface area contributed by atoms with Crippen LogP contribution in [0.4, 0.5) is 10.5 Å². The maximum absolute atomic E-state index is 13.0. The van der Waals surface area contributed by atoms with Crippen LogP contribution in [0.15, 0.2) is 64.8 Å². The van der Waals surface area contributed by atoms with Gasteiger partial charge in [0.2, 0.25) is 5.91 Å². The van der Waals surface area contributed by atoms with Crippen molar-refractivity contribution in [2.75, 3.05) is 18.5 Å². The average molecular weight is 647 g/mol. The summed E-state index contributed by atoms with van der Waals surface area (Å²) in [5.74, 6) is -0.183. The Bertz CT molecular complexity index is 1490. The zero-order chi connectivity index (χ0) is 28.8. The minimum absolute atomic E-state index is 0.0272. The quantitative estimate of drug-likeness (QED) is 0.186. The second kappa shape index (κ2) is 13.2. The number of hydrogen-bond acceptors (Lipinski definition) is 5. The lowest BCUT2D eigenvalue weighted by atomic mass is 10.1. The fourth-order valence-corrected chi connectivity index (χ4v) is 4.75. The van der Waals surface area contributed by atoms with Gasteiger partial charge in [0.1, 0.15) is 18.8 Å². The highest BCUT2D eigenvalue weighted by Gasteiger charge is 2.35. The molecule has 1 saturated heterocycles. The average Bonchev–Trinajstić information content (AvgIpc) is 3.19. The molecule has 2 N–H and O–H groups in total. The van der Waals surface area contributed by atoms with E-state index in [-0.39, 0.29) is 12.3 Å². The third-order valence-corrected chi connectivity index (χ3v) is 7.40. The summed E-state index contributed by atoms with van der Waals surface area (Å²) in [6, 6.07) is 15.3. The second-order valence-electron chi connectivity index (χ2n) is 8.73. The molecule has 0 aliphatic carbocycles. The van der Waals surface area contributed by atoms with E-state index in [2.05, 4.69) is 26.6 Å².